The zero-order valence-electron chi connectivity index (χ0n) is 17.2. The van der Waals surface area contributed by atoms with Crippen LogP contribution in [0, 0.1) is 11.6 Å². The van der Waals surface area contributed by atoms with Crippen LogP contribution in [0.5, 0.6) is 0 Å². The fraction of sp³-hybridized carbons (Fsp3) is 0.391. The molecule has 0 aromatic heterocycles. The van der Waals surface area contributed by atoms with Crippen molar-refractivity contribution in [2.45, 2.75) is 44.3 Å². The Morgan fingerprint density at radius 2 is 1.55 bits per heavy atom. The SMILES string of the molecule is O=C(Nc1ccc(C(=O)NC2CCN(Cc3ccc(F)c(F)c3)CC2)cc1)NC1CC1. The van der Waals surface area contributed by atoms with Gasteiger partial charge in [0.25, 0.3) is 5.91 Å². The number of carbonyl (C=O) groups is 2. The van der Waals surface area contributed by atoms with E-state index in [1.165, 1.54) is 6.07 Å². The summed E-state index contributed by atoms with van der Waals surface area (Å²) < 4.78 is 26.4. The van der Waals surface area contributed by atoms with Crippen LogP contribution in [0.3, 0.4) is 0 Å². The Morgan fingerprint density at radius 1 is 0.871 bits per heavy atom. The van der Waals surface area contributed by atoms with Crippen LogP contribution in [0.1, 0.15) is 41.6 Å². The summed E-state index contributed by atoms with van der Waals surface area (Å²) in [5.41, 5.74) is 1.92. The highest BCUT2D eigenvalue weighted by Crippen LogP contribution is 2.19. The molecular formula is C23H26F2N4O2. The smallest absolute Gasteiger partial charge is 0.319 e. The molecule has 0 radical (unpaired) electrons. The predicted molar refractivity (Wildman–Crippen MR) is 114 cm³/mol. The summed E-state index contributed by atoms with van der Waals surface area (Å²) in [6.45, 7) is 2.09. The van der Waals surface area contributed by atoms with E-state index in [1.54, 1.807) is 30.3 Å². The number of nitrogens with zero attached hydrogens (tertiary/aromatic N) is 1. The first-order valence-corrected chi connectivity index (χ1v) is 10.6. The average molecular weight is 428 g/mol. The van der Waals surface area contributed by atoms with E-state index in [4.69, 9.17) is 0 Å². The molecule has 2 aliphatic rings. The van der Waals surface area contributed by atoms with E-state index >= 15 is 0 Å². The number of carbonyl (C=O) groups excluding carboxylic acids is 2. The second-order valence-corrected chi connectivity index (χ2v) is 8.22. The number of hydrogen-bond acceptors (Lipinski definition) is 3. The Bertz CT molecular complexity index is 939. The van der Waals surface area contributed by atoms with Gasteiger partial charge in [-0.1, -0.05) is 6.07 Å². The third kappa shape index (κ3) is 6.01. The van der Waals surface area contributed by atoms with Crippen LogP contribution in [0.4, 0.5) is 19.3 Å². The van der Waals surface area contributed by atoms with Crippen molar-refractivity contribution in [3.8, 4) is 0 Å². The number of likely N-dealkylation sites (tertiary alicyclic amines) is 1. The van der Waals surface area contributed by atoms with Gasteiger partial charge in [-0.3, -0.25) is 9.69 Å². The number of piperidine rings is 1. The van der Waals surface area contributed by atoms with Crippen molar-refractivity contribution < 1.29 is 18.4 Å². The third-order valence-corrected chi connectivity index (χ3v) is 5.63. The van der Waals surface area contributed by atoms with Gasteiger partial charge in [-0.25, -0.2) is 13.6 Å². The molecule has 8 heteroatoms. The molecule has 31 heavy (non-hydrogen) atoms. The van der Waals surface area contributed by atoms with Gasteiger partial charge >= 0.3 is 6.03 Å². The number of rotatable bonds is 6. The lowest BCUT2D eigenvalue weighted by Crippen LogP contribution is -2.44. The van der Waals surface area contributed by atoms with Crippen LogP contribution in [0.25, 0.3) is 0 Å². The fourth-order valence-corrected chi connectivity index (χ4v) is 3.69. The summed E-state index contributed by atoms with van der Waals surface area (Å²) in [7, 11) is 0. The van der Waals surface area contributed by atoms with E-state index in [0.29, 0.717) is 17.8 Å². The molecule has 4 rings (SSSR count). The second kappa shape index (κ2) is 9.43. The van der Waals surface area contributed by atoms with E-state index in [9.17, 15) is 18.4 Å². The Labute approximate surface area is 180 Å². The van der Waals surface area contributed by atoms with Crippen LogP contribution in [0.2, 0.25) is 0 Å². The Kier molecular flexibility index (Phi) is 6.46. The van der Waals surface area contributed by atoms with Gasteiger partial charge in [0.2, 0.25) is 0 Å². The topological polar surface area (TPSA) is 73.5 Å². The lowest BCUT2D eigenvalue weighted by atomic mass is 10.0. The van der Waals surface area contributed by atoms with E-state index in [-0.39, 0.29) is 24.0 Å². The fourth-order valence-electron chi connectivity index (χ4n) is 3.69. The van der Waals surface area contributed by atoms with Crippen molar-refractivity contribution in [1.82, 2.24) is 15.5 Å². The molecule has 1 aliphatic heterocycles. The molecule has 6 nitrogen and oxygen atoms in total. The molecule has 1 heterocycles. The van der Waals surface area contributed by atoms with Gasteiger partial charge in [0.1, 0.15) is 0 Å². The van der Waals surface area contributed by atoms with Gasteiger partial charge < -0.3 is 16.0 Å². The third-order valence-electron chi connectivity index (χ3n) is 5.63. The van der Waals surface area contributed by atoms with Crippen LogP contribution < -0.4 is 16.0 Å². The van der Waals surface area contributed by atoms with Crippen LogP contribution in [-0.2, 0) is 6.54 Å². The van der Waals surface area contributed by atoms with Crippen LogP contribution in [-0.4, -0.2) is 42.0 Å². The van der Waals surface area contributed by atoms with E-state index in [1.807, 2.05) is 0 Å². The number of amides is 3. The molecule has 2 aromatic rings. The molecule has 2 fully saturated rings. The molecule has 3 amide bonds. The molecule has 164 valence electrons. The van der Waals surface area contributed by atoms with Crippen molar-refractivity contribution >= 4 is 17.6 Å². The Hall–Kier alpha value is -3.00. The van der Waals surface area contributed by atoms with Crippen molar-refractivity contribution in [1.29, 1.82) is 0 Å². The highest BCUT2D eigenvalue weighted by atomic mass is 19.2. The molecule has 0 atom stereocenters. The van der Waals surface area contributed by atoms with Gasteiger partial charge in [0.05, 0.1) is 0 Å². The summed E-state index contributed by atoms with van der Waals surface area (Å²) in [5.74, 6) is -1.81. The summed E-state index contributed by atoms with van der Waals surface area (Å²) >= 11 is 0. The summed E-state index contributed by atoms with van der Waals surface area (Å²) in [4.78, 5) is 26.5. The zero-order valence-corrected chi connectivity index (χ0v) is 17.2. The first kappa shape index (κ1) is 21.2. The van der Waals surface area contributed by atoms with E-state index in [0.717, 1.165) is 50.4 Å². The molecular weight excluding hydrogens is 402 g/mol. The average Bonchev–Trinajstić information content (AvgIpc) is 3.56. The minimum absolute atomic E-state index is 0.0656. The van der Waals surface area contributed by atoms with Crippen molar-refractivity contribution in [2.24, 2.45) is 0 Å². The molecule has 1 aliphatic carbocycles. The molecule has 3 N–H and O–H groups in total. The van der Waals surface area contributed by atoms with E-state index in [2.05, 4.69) is 20.9 Å². The molecule has 0 bridgehead atoms. The largest absolute Gasteiger partial charge is 0.349 e. The summed E-state index contributed by atoms with van der Waals surface area (Å²) in [5, 5.41) is 8.67. The predicted octanol–water partition coefficient (Wildman–Crippen LogP) is 3.64. The quantitative estimate of drug-likeness (QED) is 0.658. The Morgan fingerprint density at radius 3 is 2.19 bits per heavy atom. The number of halogens is 2. The summed E-state index contributed by atoms with van der Waals surface area (Å²) in [6.07, 6.45) is 3.62. The lowest BCUT2D eigenvalue weighted by molar-refractivity contribution is 0.0909. The molecule has 2 aromatic carbocycles. The van der Waals surface area contributed by atoms with Crippen molar-refractivity contribution in [2.75, 3.05) is 18.4 Å². The lowest BCUT2D eigenvalue weighted by Gasteiger charge is -2.32. The second-order valence-electron chi connectivity index (χ2n) is 8.22. The number of benzene rings is 2. The van der Waals surface area contributed by atoms with Gasteiger partial charge in [-0.15, -0.1) is 0 Å². The number of hydrogen-bond donors (Lipinski definition) is 3. The summed E-state index contributed by atoms with van der Waals surface area (Å²) in [6, 6.07) is 10.9. The van der Waals surface area contributed by atoms with Gasteiger partial charge in [0, 0.05) is 43.0 Å². The van der Waals surface area contributed by atoms with E-state index < -0.39 is 11.6 Å². The minimum atomic E-state index is -0.837. The maximum Gasteiger partial charge on any atom is 0.319 e. The molecule has 1 saturated carbocycles. The molecule has 0 spiro atoms. The standard InChI is InChI=1S/C23H26F2N4O2/c24-20-8-1-15(13-21(20)25)14-29-11-9-19(10-12-29)26-22(30)16-2-4-17(5-3-16)27-23(31)28-18-6-7-18/h1-5,8,13,18-19H,6-7,9-12,14H2,(H,26,30)(H2,27,28,31). The van der Waals surface area contributed by atoms with Gasteiger partial charge in [0.15, 0.2) is 11.6 Å². The normalized spacial score (nSPS) is 17.2. The van der Waals surface area contributed by atoms with Crippen LogP contribution >= 0.6 is 0 Å². The molecule has 0 unspecified atom stereocenters. The highest BCUT2D eigenvalue weighted by molar-refractivity contribution is 5.95. The van der Waals surface area contributed by atoms with Crippen LogP contribution in [0.15, 0.2) is 42.5 Å². The number of anilines is 1. The van der Waals surface area contributed by atoms with Gasteiger partial charge in [-0.05, 0) is 67.6 Å². The van der Waals surface area contributed by atoms with Gasteiger partial charge in [-0.2, -0.15) is 0 Å². The minimum Gasteiger partial charge on any atom is -0.349 e. The monoisotopic (exact) mass is 428 g/mol. The molecule has 1 saturated heterocycles. The maximum absolute atomic E-state index is 13.4. The zero-order chi connectivity index (χ0) is 21.8. The Balaban J connectivity index is 1.22. The number of nitrogens with one attached hydrogen (secondary N) is 3. The maximum atomic E-state index is 13.4. The van der Waals surface area contributed by atoms with Crippen molar-refractivity contribution in [3.63, 3.8) is 0 Å². The first-order chi connectivity index (χ1) is 15.0. The first-order valence-electron chi connectivity index (χ1n) is 10.6. The number of urea groups is 1. The van der Waals surface area contributed by atoms with Crippen molar-refractivity contribution in [3.05, 3.63) is 65.2 Å². The highest BCUT2D eigenvalue weighted by Gasteiger charge is 2.23.